The van der Waals surface area contributed by atoms with Crippen LogP contribution in [0.2, 0.25) is 0 Å². The van der Waals surface area contributed by atoms with Crippen molar-refractivity contribution in [2.75, 3.05) is 33.2 Å². The van der Waals surface area contributed by atoms with Gasteiger partial charge in [-0.1, -0.05) is 0 Å². The Morgan fingerprint density at radius 1 is 1.25 bits per heavy atom. The molecule has 2 fully saturated rings. The Hall–Kier alpha value is -0.120. The van der Waals surface area contributed by atoms with Crippen LogP contribution in [0, 0.1) is 0 Å². The molecule has 1 aliphatic heterocycles. The predicted molar refractivity (Wildman–Crippen MR) is 50.3 cm³/mol. The van der Waals surface area contributed by atoms with E-state index >= 15 is 0 Å². The molecule has 0 bridgehead atoms. The Balaban J connectivity index is 1.72. The third kappa shape index (κ3) is 1.63. The summed E-state index contributed by atoms with van der Waals surface area (Å²) in [5.74, 6) is 0. The van der Waals surface area contributed by atoms with Crippen molar-refractivity contribution >= 4 is 0 Å². The van der Waals surface area contributed by atoms with E-state index in [1.807, 2.05) is 0 Å². The minimum atomic E-state index is 0.796. The Kier molecular flexibility index (Phi) is 2.63. The molecule has 0 amide bonds. The van der Waals surface area contributed by atoms with Crippen molar-refractivity contribution in [2.24, 2.45) is 0 Å². The number of rotatable bonds is 2. The standard InChI is InChI=1S/C9H19N3/c1-10-8-6-9(7-8)12-4-2-11-3-5-12/h8-11H,2-7H2,1H3. The number of nitrogens with zero attached hydrogens (tertiary/aromatic N) is 1. The van der Waals surface area contributed by atoms with Crippen LogP contribution < -0.4 is 10.6 Å². The summed E-state index contributed by atoms with van der Waals surface area (Å²) in [6, 6.07) is 1.68. The molecule has 3 nitrogen and oxygen atoms in total. The summed E-state index contributed by atoms with van der Waals surface area (Å²) in [5, 5.41) is 6.71. The number of nitrogens with one attached hydrogen (secondary N) is 2. The van der Waals surface area contributed by atoms with E-state index in [9.17, 15) is 0 Å². The molecule has 2 aliphatic rings. The predicted octanol–water partition coefficient (Wildman–Crippen LogP) is -0.358. The van der Waals surface area contributed by atoms with Gasteiger partial charge in [0.25, 0.3) is 0 Å². The summed E-state index contributed by atoms with van der Waals surface area (Å²) in [6.45, 7) is 4.86. The molecule has 2 N–H and O–H groups in total. The average molecular weight is 169 g/mol. The Morgan fingerprint density at radius 3 is 2.50 bits per heavy atom. The van der Waals surface area contributed by atoms with Gasteiger partial charge in [0.15, 0.2) is 0 Å². The van der Waals surface area contributed by atoms with E-state index in [0.29, 0.717) is 0 Å². The van der Waals surface area contributed by atoms with Gasteiger partial charge in [-0.25, -0.2) is 0 Å². The first-order valence-corrected chi connectivity index (χ1v) is 5.02. The fourth-order valence-electron chi connectivity index (χ4n) is 2.17. The molecule has 1 heterocycles. The largest absolute Gasteiger partial charge is 0.317 e. The lowest BCUT2D eigenvalue weighted by atomic mass is 9.85. The molecule has 0 aromatic heterocycles. The third-order valence-corrected chi connectivity index (χ3v) is 3.19. The smallest absolute Gasteiger partial charge is 0.0126 e. The molecule has 0 atom stereocenters. The molecule has 0 aromatic rings. The van der Waals surface area contributed by atoms with Gasteiger partial charge in [0.1, 0.15) is 0 Å². The highest BCUT2D eigenvalue weighted by molar-refractivity contribution is 4.92. The van der Waals surface area contributed by atoms with Gasteiger partial charge < -0.3 is 10.6 Å². The molecule has 0 spiro atoms. The van der Waals surface area contributed by atoms with E-state index in [1.54, 1.807) is 0 Å². The van der Waals surface area contributed by atoms with Gasteiger partial charge in [-0.3, -0.25) is 4.90 Å². The van der Waals surface area contributed by atoms with Gasteiger partial charge in [-0.15, -0.1) is 0 Å². The second kappa shape index (κ2) is 3.73. The summed E-state index contributed by atoms with van der Waals surface area (Å²) in [6.07, 6.45) is 2.72. The van der Waals surface area contributed by atoms with E-state index in [-0.39, 0.29) is 0 Å². The van der Waals surface area contributed by atoms with Crippen LogP contribution in [0.1, 0.15) is 12.8 Å². The van der Waals surface area contributed by atoms with Crippen LogP contribution >= 0.6 is 0 Å². The molecule has 0 radical (unpaired) electrons. The van der Waals surface area contributed by atoms with Crippen LogP contribution in [0.15, 0.2) is 0 Å². The summed E-state index contributed by atoms with van der Waals surface area (Å²) in [4.78, 5) is 2.63. The molecule has 3 heteroatoms. The molecule has 2 rings (SSSR count). The zero-order chi connectivity index (χ0) is 8.39. The maximum atomic E-state index is 3.39. The molecular formula is C9H19N3. The first kappa shape index (κ1) is 8.48. The van der Waals surface area contributed by atoms with Crippen molar-refractivity contribution in [1.82, 2.24) is 15.5 Å². The second-order valence-corrected chi connectivity index (χ2v) is 3.90. The number of piperazine rings is 1. The lowest BCUT2D eigenvalue weighted by molar-refractivity contribution is 0.0874. The fraction of sp³-hybridized carbons (Fsp3) is 1.00. The normalized spacial score (nSPS) is 37.8. The molecule has 0 unspecified atom stereocenters. The van der Waals surface area contributed by atoms with Crippen LogP contribution in [0.3, 0.4) is 0 Å². The topological polar surface area (TPSA) is 27.3 Å². The van der Waals surface area contributed by atoms with E-state index < -0.39 is 0 Å². The molecule has 70 valence electrons. The van der Waals surface area contributed by atoms with Gasteiger partial charge in [0, 0.05) is 38.3 Å². The van der Waals surface area contributed by atoms with Crippen molar-refractivity contribution in [3.63, 3.8) is 0 Å². The zero-order valence-electron chi connectivity index (χ0n) is 7.84. The monoisotopic (exact) mass is 169 g/mol. The van der Waals surface area contributed by atoms with E-state index in [4.69, 9.17) is 0 Å². The van der Waals surface area contributed by atoms with Gasteiger partial charge in [-0.05, 0) is 19.9 Å². The Morgan fingerprint density at radius 2 is 1.92 bits per heavy atom. The summed E-state index contributed by atoms with van der Waals surface area (Å²) < 4.78 is 0. The Labute approximate surface area is 74.5 Å². The van der Waals surface area contributed by atoms with Crippen molar-refractivity contribution < 1.29 is 0 Å². The maximum absolute atomic E-state index is 3.39. The minimum Gasteiger partial charge on any atom is -0.317 e. The van der Waals surface area contributed by atoms with Gasteiger partial charge in [0.05, 0.1) is 0 Å². The summed E-state index contributed by atoms with van der Waals surface area (Å²) >= 11 is 0. The molecule has 12 heavy (non-hydrogen) atoms. The van der Waals surface area contributed by atoms with Crippen molar-refractivity contribution in [1.29, 1.82) is 0 Å². The van der Waals surface area contributed by atoms with E-state index in [2.05, 4.69) is 22.6 Å². The van der Waals surface area contributed by atoms with E-state index in [0.717, 1.165) is 12.1 Å². The van der Waals surface area contributed by atoms with Crippen LogP contribution in [-0.4, -0.2) is 50.2 Å². The SMILES string of the molecule is CNC1CC(N2CCNCC2)C1. The first-order chi connectivity index (χ1) is 5.90. The Bertz CT molecular complexity index is 137. The molecule has 0 aromatic carbocycles. The first-order valence-electron chi connectivity index (χ1n) is 5.02. The highest BCUT2D eigenvalue weighted by Crippen LogP contribution is 2.25. The van der Waals surface area contributed by atoms with Gasteiger partial charge >= 0.3 is 0 Å². The highest BCUT2D eigenvalue weighted by Gasteiger charge is 2.32. The third-order valence-electron chi connectivity index (χ3n) is 3.19. The van der Waals surface area contributed by atoms with Crippen molar-refractivity contribution in [3.05, 3.63) is 0 Å². The van der Waals surface area contributed by atoms with Crippen LogP contribution in [-0.2, 0) is 0 Å². The molecule has 1 saturated carbocycles. The van der Waals surface area contributed by atoms with Crippen LogP contribution in [0.25, 0.3) is 0 Å². The van der Waals surface area contributed by atoms with Crippen molar-refractivity contribution in [2.45, 2.75) is 24.9 Å². The van der Waals surface area contributed by atoms with Gasteiger partial charge in [0.2, 0.25) is 0 Å². The quantitative estimate of drug-likeness (QED) is 0.591. The zero-order valence-corrected chi connectivity index (χ0v) is 7.84. The maximum Gasteiger partial charge on any atom is 0.0126 e. The minimum absolute atomic E-state index is 0.796. The summed E-state index contributed by atoms with van der Waals surface area (Å²) in [5.41, 5.74) is 0. The molecular weight excluding hydrogens is 150 g/mol. The number of hydrogen-bond acceptors (Lipinski definition) is 3. The fourth-order valence-corrected chi connectivity index (χ4v) is 2.17. The lowest BCUT2D eigenvalue weighted by Crippen LogP contribution is -2.56. The highest BCUT2D eigenvalue weighted by atomic mass is 15.2. The van der Waals surface area contributed by atoms with Crippen LogP contribution in [0.4, 0.5) is 0 Å². The average Bonchev–Trinajstić information content (AvgIpc) is 2.04. The molecule has 1 aliphatic carbocycles. The van der Waals surface area contributed by atoms with Crippen LogP contribution in [0.5, 0.6) is 0 Å². The lowest BCUT2D eigenvalue weighted by Gasteiger charge is -2.44. The van der Waals surface area contributed by atoms with Crippen molar-refractivity contribution in [3.8, 4) is 0 Å². The molecule has 1 saturated heterocycles. The van der Waals surface area contributed by atoms with E-state index in [1.165, 1.54) is 39.0 Å². The second-order valence-electron chi connectivity index (χ2n) is 3.90. The number of hydrogen-bond donors (Lipinski definition) is 2. The summed E-state index contributed by atoms with van der Waals surface area (Å²) in [7, 11) is 2.07. The van der Waals surface area contributed by atoms with Gasteiger partial charge in [-0.2, -0.15) is 0 Å².